The van der Waals surface area contributed by atoms with Gasteiger partial charge in [-0.2, -0.15) is 23.1 Å². The van der Waals surface area contributed by atoms with Crippen LogP contribution in [0.25, 0.3) is 0 Å². The van der Waals surface area contributed by atoms with Crippen LogP contribution in [0.1, 0.15) is 32.3 Å². The lowest BCUT2D eigenvalue weighted by Crippen LogP contribution is -2.26. The predicted octanol–water partition coefficient (Wildman–Crippen LogP) is 5.38. The number of pyridine rings is 1. The molecule has 4 heterocycles. The summed E-state index contributed by atoms with van der Waals surface area (Å²) >= 11 is 0. The molecule has 0 spiro atoms. The van der Waals surface area contributed by atoms with E-state index in [2.05, 4.69) is 37.1 Å². The molecule has 222 valence electrons. The highest BCUT2D eigenvalue weighted by molar-refractivity contribution is 6.01. The van der Waals surface area contributed by atoms with Crippen molar-refractivity contribution in [3.05, 3.63) is 54.4 Å². The van der Waals surface area contributed by atoms with Crippen LogP contribution in [0.3, 0.4) is 0 Å². The third-order valence-corrected chi connectivity index (χ3v) is 6.85. The lowest BCUT2D eigenvalue weighted by Gasteiger charge is -2.23. The fraction of sp³-hybridized carbons (Fsp3) is 0.370. The largest absolute Gasteiger partial charge is 0.466 e. The highest BCUT2D eigenvalue weighted by atomic mass is 19.4. The van der Waals surface area contributed by atoms with Crippen molar-refractivity contribution < 1.29 is 31.5 Å². The van der Waals surface area contributed by atoms with Gasteiger partial charge in [0.1, 0.15) is 12.0 Å². The Kier molecular flexibility index (Phi) is 7.60. The van der Waals surface area contributed by atoms with Crippen molar-refractivity contribution in [3.8, 4) is 5.88 Å². The van der Waals surface area contributed by atoms with Crippen LogP contribution in [-0.4, -0.2) is 58.3 Å². The van der Waals surface area contributed by atoms with Crippen LogP contribution in [0.5, 0.6) is 5.88 Å². The standard InChI is InChI=1S/C27H27F5N8O2/c1-4-21(41)35-18-11-19(23(42-13-27(30,31)32)37-22(18)39-7-5-6-8-39)36-24-33-14-34-25(38-24)40-12-26(2,3)15-9-16(28)17(29)10-20(15)40/h4,9-11,14H,1,5-8,12-13H2,2-3H3,(H,35,41)(H,33,34,36,38). The number of alkyl halides is 3. The van der Waals surface area contributed by atoms with Crippen molar-refractivity contribution in [2.75, 3.05) is 46.7 Å². The number of ether oxygens (including phenoxy) is 1. The molecule has 0 atom stereocenters. The number of anilines is 6. The topological polar surface area (TPSA) is 108 Å². The van der Waals surface area contributed by atoms with E-state index in [9.17, 15) is 26.7 Å². The molecule has 2 aromatic heterocycles. The van der Waals surface area contributed by atoms with Gasteiger partial charge in [0.05, 0.1) is 11.4 Å². The Morgan fingerprint density at radius 2 is 1.81 bits per heavy atom. The lowest BCUT2D eigenvalue weighted by atomic mass is 9.87. The van der Waals surface area contributed by atoms with Gasteiger partial charge >= 0.3 is 6.18 Å². The van der Waals surface area contributed by atoms with Gasteiger partial charge in [-0.15, -0.1) is 0 Å². The smallest absolute Gasteiger partial charge is 0.422 e. The molecule has 2 aliphatic heterocycles. The average molecular weight is 591 g/mol. The normalized spacial score (nSPS) is 15.9. The number of carbonyl (C=O) groups excluding carboxylic acids is 1. The van der Waals surface area contributed by atoms with Crippen molar-refractivity contribution in [2.24, 2.45) is 0 Å². The Bertz CT molecular complexity index is 1530. The van der Waals surface area contributed by atoms with Gasteiger partial charge in [-0.3, -0.25) is 4.79 Å². The summed E-state index contributed by atoms with van der Waals surface area (Å²) in [6, 6.07) is 3.58. The second-order valence-electron chi connectivity index (χ2n) is 10.5. The molecule has 0 radical (unpaired) electrons. The molecule has 15 heteroatoms. The van der Waals surface area contributed by atoms with E-state index in [1.807, 2.05) is 18.7 Å². The molecule has 42 heavy (non-hydrogen) atoms. The summed E-state index contributed by atoms with van der Waals surface area (Å²) < 4.78 is 72.6. The van der Waals surface area contributed by atoms with E-state index in [4.69, 9.17) is 4.74 Å². The maximum Gasteiger partial charge on any atom is 0.422 e. The van der Waals surface area contributed by atoms with Crippen LogP contribution in [0.15, 0.2) is 37.2 Å². The van der Waals surface area contributed by atoms with Crippen molar-refractivity contribution in [1.29, 1.82) is 0 Å². The van der Waals surface area contributed by atoms with Gasteiger partial charge in [0.15, 0.2) is 24.1 Å². The monoisotopic (exact) mass is 590 g/mol. The second kappa shape index (κ2) is 11.0. The van der Waals surface area contributed by atoms with E-state index in [1.165, 1.54) is 6.07 Å². The molecule has 2 N–H and O–H groups in total. The molecule has 0 unspecified atom stereocenters. The predicted molar refractivity (Wildman–Crippen MR) is 146 cm³/mol. The Balaban J connectivity index is 1.53. The number of amides is 1. The number of rotatable bonds is 8. The van der Waals surface area contributed by atoms with Crippen LogP contribution in [0.2, 0.25) is 0 Å². The molecule has 0 aliphatic carbocycles. The zero-order valence-electron chi connectivity index (χ0n) is 22.7. The first-order valence-electron chi connectivity index (χ1n) is 13.0. The van der Waals surface area contributed by atoms with Gasteiger partial charge in [0.2, 0.25) is 23.7 Å². The van der Waals surface area contributed by atoms with Crippen LogP contribution in [0.4, 0.5) is 56.7 Å². The second-order valence-corrected chi connectivity index (χ2v) is 10.5. The van der Waals surface area contributed by atoms with Crippen LogP contribution >= 0.6 is 0 Å². The Hall–Kier alpha value is -4.56. The van der Waals surface area contributed by atoms with Crippen LogP contribution in [0, 0.1) is 11.6 Å². The van der Waals surface area contributed by atoms with Crippen molar-refractivity contribution >= 4 is 40.7 Å². The van der Waals surface area contributed by atoms with E-state index < -0.39 is 41.6 Å². The molecular formula is C27H27F5N8O2. The first kappa shape index (κ1) is 29.0. The van der Waals surface area contributed by atoms with Crippen LogP contribution < -0.4 is 25.2 Å². The van der Waals surface area contributed by atoms with Gasteiger partial charge in [0.25, 0.3) is 0 Å². The number of aromatic nitrogens is 4. The Morgan fingerprint density at radius 3 is 2.50 bits per heavy atom. The first-order valence-corrected chi connectivity index (χ1v) is 13.0. The molecule has 1 aromatic carbocycles. The van der Waals surface area contributed by atoms with Crippen LogP contribution in [-0.2, 0) is 10.2 Å². The number of carbonyl (C=O) groups is 1. The molecular weight excluding hydrogens is 563 g/mol. The molecule has 2 aliphatic rings. The SMILES string of the molecule is C=CC(=O)Nc1cc(Nc2ncnc(N3CC(C)(C)c4cc(F)c(F)cc43)n2)c(OCC(F)(F)F)nc1N1CCCC1. The number of halogens is 5. The van der Waals surface area contributed by atoms with E-state index in [0.29, 0.717) is 30.9 Å². The summed E-state index contributed by atoms with van der Waals surface area (Å²) in [4.78, 5) is 32.6. The molecule has 1 saturated heterocycles. The van der Waals surface area contributed by atoms with Gasteiger partial charge in [-0.1, -0.05) is 20.4 Å². The Morgan fingerprint density at radius 1 is 1.10 bits per heavy atom. The molecule has 3 aromatic rings. The molecule has 1 amide bonds. The van der Waals surface area contributed by atoms with Gasteiger partial charge < -0.3 is 25.2 Å². The molecule has 1 fully saturated rings. The third-order valence-electron chi connectivity index (χ3n) is 6.85. The maximum absolute atomic E-state index is 14.2. The number of hydrogen-bond donors (Lipinski definition) is 2. The fourth-order valence-electron chi connectivity index (χ4n) is 4.93. The fourth-order valence-corrected chi connectivity index (χ4v) is 4.93. The zero-order chi connectivity index (χ0) is 30.2. The van der Waals surface area contributed by atoms with Gasteiger partial charge in [-0.05, 0) is 36.6 Å². The summed E-state index contributed by atoms with van der Waals surface area (Å²) in [5.74, 6) is -2.71. The van der Waals surface area contributed by atoms with E-state index in [0.717, 1.165) is 37.4 Å². The maximum atomic E-state index is 14.2. The summed E-state index contributed by atoms with van der Waals surface area (Å²) in [7, 11) is 0. The first-order chi connectivity index (χ1) is 19.8. The highest BCUT2D eigenvalue weighted by Gasteiger charge is 2.38. The van der Waals surface area contributed by atoms with Crippen molar-refractivity contribution in [3.63, 3.8) is 0 Å². The van der Waals surface area contributed by atoms with E-state index in [1.54, 1.807) is 4.90 Å². The van der Waals surface area contributed by atoms with Gasteiger partial charge in [-0.25, -0.2) is 18.7 Å². The van der Waals surface area contributed by atoms with Gasteiger partial charge in [0, 0.05) is 31.1 Å². The average Bonchev–Trinajstić information content (AvgIpc) is 3.55. The zero-order valence-corrected chi connectivity index (χ0v) is 22.7. The van der Waals surface area contributed by atoms with Crippen molar-refractivity contribution in [1.82, 2.24) is 19.9 Å². The minimum atomic E-state index is -4.65. The minimum Gasteiger partial charge on any atom is -0.466 e. The minimum absolute atomic E-state index is 0.0611. The van der Waals surface area contributed by atoms with E-state index in [-0.39, 0.29) is 29.1 Å². The highest BCUT2D eigenvalue weighted by Crippen LogP contribution is 2.44. The lowest BCUT2D eigenvalue weighted by molar-refractivity contribution is -0.153. The number of benzene rings is 1. The summed E-state index contributed by atoms with van der Waals surface area (Å²) in [6.07, 6.45) is -0.741. The molecule has 5 rings (SSSR count). The summed E-state index contributed by atoms with van der Waals surface area (Å²) in [5, 5.41) is 5.46. The Labute approximate surface area is 237 Å². The number of fused-ring (bicyclic) bond motifs is 1. The summed E-state index contributed by atoms with van der Waals surface area (Å²) in [5.41, 5.74) is 0.510. The molecule has 10 nitrogen and oxygen atoms in total. The number of nitrogens with zero attached hydrogens (tertiary/aromatic N) is 6. The molecule has 0 bridgehead atoms. The van der Waals surface area contributed by atoms with Crippen molar-refractivity contribution in [2.45, 2.75) is 38.3 Å². The molecule has 0 saturated carbocycles. The number of nitrogens with one attached hydrogen (secondary N) is 2. The quantitative estimate of drug-likeness (QED) is 0.264. The summed E-state index contributed by atoms with van der Waals surface area (Å²) in [6.45, 7) is 7.02. The van der Waals surface area contributed by atoms with E-state index >= 15 is 0 Å². The number of hydrogen-bond acceptors (Lipinski definition) is 9. The third kappa shape index (κ3) is 6.04.